The lowest BCUT2D eigenvalue weighted by atomic mass is 10.1. The zero-order chi connectivity index (χ0) is 15.4. The number of fused-ring (bicyclic) bond motifs is 1. The molecule has 0 radical (unpaired) electrons. The number of aromatic nitrogens is 1. The third kappa shape index (κ3) is 3.74. The molecule has 1 aromatic carbocycles. The largest absolute Gasteiger partial charge is 0.390 e. The van der Waals surface area contributed by atoms with Gasteiger partial charge in [0.05, 0.1) is 6.10 Å². The average molecular weight is 301 g/mol. The van der Waals surface area contributed by atoms with Crippen LogP contribution in [0.25, 0.3) is 10.9 Å². The Morgan fingerprint density at radius 2 is 2.05 bits per heavy atom. The van der Waals surface area contributed by atoms with Gasteiger partial charge in [-0.25, -0.2) is 0 Å². The van der Waals surface area contributed by atoms with Crippen LogP contribution in [0, 0.1) is 0 Å². The highest BCUT2D eigenvalue weighted by atomic mass is 16.3. The van der Waals surface area contributed by atoms with Gasteiger partial charge in [0.15, 0.2) is 0 Å². The van der Waals surface area contributed by atoms with Crippen LogP contribution in [0.2, 0.25) is 0 Å². The van der Waals surface area contributed by atoms with Gasteiger partial charge in [0.25, 0.3) is 5.56 Å². The van der Waals surface area contributed by atoms with Crippen LogP contribution < -0.4 is 10.9 Å². The molecule has 0 saturated carbocycles. The first kappa shape index (κ1) is 15.2. The fourth-order valence-corrected chi connectivity index (χ4v) is 3.03. The second kappa shape index (κ2) is 7.05. The molecule has 0 spiro atoms. The molecule has 1 saturated heterocycles. The first-order valence-electron chi connectivity index (χ1n) is 7.94. The second-order valence-electron chi connectivity index (χ2n) is 6.00. The molecule has 1 aromatic heterocycles. The van der Waals surface area contributed by atoms with Gasteiger partial charge in [0.1, 0.15) is 0 Å². The quantitative estimate of drug-likeness (QED) is 0.747. The van der Waals surface area contributed by atoms with E-state index in [1.165, 1.54) is 12.8 Å². The molecule has 22 heavy (non-hydrogen) atoms. The average Bonchev–Trinajstić information content (AvgIpc) is 3.00. The molecule has 1 aliphatic heterocycles. The van der Waals surface area contributed by atoms with Crippen molar-refractivity contribution in [2.75, 3.05) is 26.2 Å². The minimum atomic E-state index is -0.391. The number of pyridine rings is 1. The number of aliphatic hydroxyl groups excluding tert-OH is 1. The molecule has 2 aromatic rings. The Morgan fingerprint density at radius 3 is 2.86 bits per heavy atom. The summed E-state index contributed by atoms with van der Waals surface area (Å²) in [6.07, 6.45) is 2.07. The van der Waals surface area contributed by atoms with Crippen molar-refractivity contribution in [1.82, 2.24) is 15.2 Å². The van der Waals surface area contributed by atoms with Gasteiger partial charge in [-0.05, 0) is 43.5 Å². The van der Waals surface area contributed by atoms with E-state index in [1.807, 2.05) is 30.3 Å². The van der Waals surface area contributed by atoms with Crippen LogP contribution in [0.4, 0.5) is 0 Å². The van der Waals surface area contributed by atoms with Crippen LogP contribution in [0.5, 0.6) is 0 Å². The van der Waals surface area contributed by atoms with E-state index in [9.17, 15) is 9.90 Å². The summed E-state index contributed by atoms with van der Waals surface area (Å²) >= 11 is 0. The second-order valence-corrected chi connectivity index (χ2v) is 6.00. The lowest BCUT2D eigenvalue weighted by molar-refractivity contribution is 0.123. The number of nitrogens with zero attached hydrogens (tertiary/aromatic N) is 1. The summed E-state index contributed by atoms with van der Waals surface area (Å²) < 4.78 is 0. The maximum absolute atomic E-state index is 12.0. The zero-order valence-electron chi connectivity index (χ0n) is 12.7. The molecule has 1 aliphatic rings. The summed E-state index contributed by atoms with van der Waals surface area (Å²) in [6, 6.07) is 9.65. The lowest BCUT2D eigenvalue weighted by Gasteiger charge is -2.19. The number of aliphatic hydroxyl groups is 1. The Labute approximate surface area is 130 Å². The van der Waals surface area contributed by atoms with Gasteiger partial charge in [0, 0.05) is 30.7 Å². The molecule has 3 N–H and O–H groups in total. The molecule has 1 atom stereocenters. The molecule has 1 fully saturated rings. The summed E-state index contributed by atoms with van der Waals surface area (Å²) in [4.78, 5) is 17.2. The number of benzene rings is 1. The summed E-state index contributed by atoms with van der Waals surface area (Å²) in [5, 5.41) is 14.2. The maximum Gasteiger partial charge on any atom is 0.252 e. The zero-order valence-corrected chi connectivity index (χ0v) is 12.7. The Morgan fingerprint density at radius 1 is 1.27 bits per heavy atom. The van der Waals surface area contributed by atoms with Crippen LogP contribution in [0.15, 0.2) is 35.1 Å². The number of rotatable bonds is 6. The summed E-state index contributed by atoms with van der Waals surface area (Å²) in [5.74, 6) is 0. The van der Waals surface area contributed by atoms with Crippen LogP contribution in [-0.2, 0) is 6.54 Å². The van der Waals surface area contributed by atoms with E-state index in [0.29, 0.717) is 25.2 Å². The van der Waals surface area contributed by atoms with Crippen molar-refractivity contribution in [2.24, 2.45) is 0 Å². The third-order valence-electron chi connectivity index (χ3n) is 4.19. The lowest BCUT2D eigenvalue weighted by Crippen LogP contribution is -2.37. The van der Waals surface area contributed by atoms with E-state index in [0.717, 1.165) is 24.0 Å². The molecule has 118 valence electrons. The van der Waals surface area contributed by atoms with Gasteiger partial charge in [0.2, 0.25) is 0 Å². The van der Waals surface area contributed by atoms with E-state index in [2.05, 4.69) is 15.2 Å². The predicted octanol–water partition coefficient (Wildman–Crippen LogP) is 1.07. The fraction of sp³-hybridized carbons (Fsp3) is 0.471. The molecule has 2 heterocycles. The molecular weight excluding hydrogens is 278 g/mol. The van der Waals surface area contributed by atoms with E-state index >= 15 is 0 Å². The molecule has 0 amide bonds. The molecule has 0 bridgehead atoms. The molecule has 5 heteroatoms. The number of β-amino-alcohol motifs (C(OH)–C–C–N with tert-alkyl or cyclic N) is 1. The normalized spacial score (nSPS) is 17.1. The molecule has 0 aliphatic carbocycles. The van der Waals surface area contributed by atoms with E-state index in [-0.39, 0.29) is 5.56 Å². The number of hydrogen-bond donors (Lipinski definition) is 3. The first-order chi connectivity index (χ1) is 10.7. The third-order valence-corrected chi connectivity index (χ3v) is 4.19. The van der Waals surface area contributed by atoms with Crippen LogP contribution >= 0.6 is 0 Å². The van der Waals surface area contributed by atoms with Crippen molar-refractivity contribution in [2.45, 2.75) is 25.5 Å². The summed E-state index contributed by atoms with van der Waals surface area (Å²) in [7, 11) is 0. The highest BCUT2D eigenvalue weighted by molar-refractivity contribution is 5.78. The SMILES string of the molecule is O=c1[nH]c2ccccc2cc1CNCC(O)CN1CCCC1. The van der Waals surface area contributed by atoms with Crippen molar-refractivity contribution in [3.8, 4) is 0 Å². The van der Waals surface area contributed by atoms with E-state index in [1.54, 1.807) is 0 Å². The highest BCUT2D eigenvalue weighted by Crippen LogP contribution is 2.10. The molecule has 3 rings (SSSR count). The number of hydrogen-bond acceptors (Lipinski definition) is 4. The van der Waals surface area contributed by atoms with Crippen molar-refractivity contribution in [3.63, 3.8) is 0 Å². The summed E-state index contributed by atoms with van der Waals surface area (Å²) in [5.41, 5.74) is 1.48. The van der Waals surface area contributed by atoms with Crippen LogP contribution in [0.1, 0.15) is 18.4 Å². The topological polar surface area (TPSA) is 68.4 Å². The minimum absolute atomic E-state index is 0.0692. The predicted molar refractivity (Wildman–Crippen MR) is 88.0 cm³/mol. The standard InChI is InChI=1S/C17H23N3O2/c21-15(12-20-7-3-4-8-20)11-18-10-14-9-13-5-1-2-6-16(13)19-17(14)22/h1-2,5-6,9,15,18,21H,3-4,7-8,10-12H2,(H,19,22). The van der Waals surface area contributed by atoms with Gasteiger partial charge in [-0.1, -0.05) is 18.2 Å². The van der Waals surface area contributed by atoms with Gasteiger partial charge in [-0.2, -0.15) is 0 Å². The number of likely N-dealkylation sites (tertiary alicyclic amines) is 1. The Kier molecular flexibility index (Phi) is 4.87. The van der Waals surface area contributed by atoms with Crippen molar-refractivity contribution < 1.29 is 5.11 Å². The number of para-hydroxylation sites is 1. The molecule has 1 unspecified atom stereocenters. The Hall–Kier alpha value is -1.69. The number of nitrogens with one attached hydrogen (secondary N) is 2. The number of H-pyrrole nitrogens is 1. The number of aromatic amines is 1. The first-order valence-corrected chi connectivity index (χ1v) is 7.94. The van der Waals surface area contributed by atoms with Crippen molar-refractivity contribution in [3.05, 3.63) is 46.2 Å². The Balaban J connectivity index is 1.54. The Bertz CT molecular complexity index is 677. The van der Waals surface area contributed by atoms with Crippen molar-refractivity contribution in [1.29, 1.82) is 0 Å². The highest BCUT2D eigenvalue weighted by Gasteiger charge is 2.15. The van der Waals surface area contributed by atoms with E-state index in [4.69, 9.17) is 0 Å². The van der Waals surface area contributed by atoms with E-state index < -0.39 is 6.10 Å². The minimum Gasteiger partial charge on any atom is -0.390 e. The van der Waals surface area contributed by atoms with Gasteiger partial charge in [-0.3, -0.25) is 4.79 Å². The molecular formula is C17H23N3O2. The van der Waals surface area contributed by atoms with Gasteiger partial charge >= 0.3 is 0 Å². The van der Waals surface area contributed by atoms with Crippen molar-refractivity contribution >= 4 is 10.9 Å². The monoisotopic (exact) mass is 301 g/mol. The smallest absolute Gasteiger partial charge is 0.252 e. The van der Waals surface area contributed by atoms with Gasteiger partial charge in [-0.15, -0.1) is 0 Å². The fourth-order valence-electron chi connectivity index (χ4n) is 3.03. The maximum atomic E-state index is 12.0. The summed E-state index contributed by atoms with van der Waals surface area (Å²) in [6.45, 7) is 3.85. The molecule has 5 nitrogen and oxygen atoms in total. The van der Waals surface area contributed by atoms with Crippen LogP contribution in [0.3, 0.4) is 0 Å². The van der Waals surface area contributed by atoms with Gasteiger partial charge < -0.3 is 20.3 Å². The van der Waals surface area contributed by atoms with Crippen LogP contribution in [-0.4, -0.2) is 47.3 Å².